The van der Waals surface area contributed by atoms with Gasteiger partial charge in [0.05, 0.1) is 24.4 Å². The quantitative estimate of drug-likeness (QED) is 0.452. The molecule has 0 atom stereocenters. The molecule has 0 aliphatic carbocycles. The van der Waals surface area contributed by atoms with Gasteiger partial charge in [-0.3, -0.25) is 9.52 Å². The molecule has 1 amide bonds. The van der Waals surface area contributed by atoms with Crippen LogP contribution < -0.4 is 19.5 Å². The number of para-hydroxylation sites is 1. The van der Waals surface area contributed by atoms with Crippen LogP contribution in [0.15, 0.2) is 71.6 Å². The zero-order valence-electron chi connectivity index (χ0n) is 17.6. The van der Waals surface area contributed by atoms with Gasteiger partial charge in [-0.1, -0.05) is 29.8 Å². The molecular weight excluding hydrogens is 452 g/mol. The van der Waals surface area contributed by atoms with E-state index in [0.717, 1.165) is 11.3 Å². The predicted octanol–water partition coefficient (Wildman–Crippen LogP) is 4.27. The van der Waals surface area contributed by atoms with E-state index < -0.39 is 15.9 Å². The second kappa shape index (κ2) is 10.4. The third-order valence-corrected chi connectivity index (χ3v) is 6.44. The van der Waals surface area contributed by atoms with E-state index in [2.05, 4.69) is 10.0 Å². The molecule has 0 radical (unpaired) electrons. The predicted molar refractivity (Wildman–Crippen MR) is 124 cm³/mol. The summed E-state index contributed by atoms with van der Waals surface area (Å²) < 4.78 is 38.9. The van der Waals surface area contributed by atoms with Crippen molar-refractivity contribution in [2.75, 3.05) is 25.0 Å². The second-order valence-corrected chi connectivity index (χ2v) is 8.90. The Balaban J connectivity index is 1.63. The Kier molecular flexibility index (Phi) is 7.61. The molecule has 0 spiro atoms. The lowest BCUT2D eigenvalue weighted by Gasteiger charge is -2.13. The van der Waals surface area contributed by atoms with Crippen LogP contribution in [0, 0.1) is 6.92 Å². The number of anilines is 1. The molecule has 0 fully saturated rings. The number of hydrogen-bond donors (Lipinski definition) is 2. The van der Waals surface area contributed by atoms with Gasteiger partial charge in [0.25, 0.3) is 15.9 Å². The number of benzene rings is 3. The summed E-state index contributed by atoms with van der Waals surface area (Å²) in [5.74, 6) is 0.922. The fraction of sp³-hybridized carbons (Fsp3) is 0.174. The number of amides is 1. The standard InChI is InChI=1S/C23H23ClN2O5S/c1-16-5-3-4-6-21(16)26-32(28,29)22-15-17(7-12-20(22)24)23(27)25-13-14-31-19-10-8-18(30-2)9-11-19/h3-12,15,26H,13-14H2,1-2H3,(H,25,27). The van der Waals surface area contributed by atoms with Crippen molar-refractivity contribution < 1.29 is 22.7 Å². The van der Waals surface area contributed by atoms with Gasteiger partial charge in [-0.05, 0) is 61.0 Å². The molecule has 0 bridgehead atoms. The monoisotopic (exact) mass is 474 g/mol. The van der Waals surface area contributed by atoms with Crippen LogP contribution in [0.2, 0.25) is 5.02 Å². The molecule has 0 aliphatic heterocycles. The molecule has 0 saturated heterocycles. The highest BCUT2D eigenvalue weighted by atomic mass is 35.5. The molecule has 0 aromatic heterocycles. The number of carbonyl (C=O) groups is 1. The number of rotatable bonds is 9. The lowest BCUT2D eigenvalue weighted by Crippen LogP contribution is -2.28. The second-order valence-electron chi connectivity index (χ2n) is 6.85. The number of nitrogens with one attached hydrogen (secondary N) is 2. The van der Waals surface area contributed by atoms with Crippen LogP contribution in [0.1, 0.15) is 15.9 Å². The van der Waals surface area contributed by atoms with Gasteiger partial charge >= 0.3 is 0 Å². The zero-order valence-corrected chi connectivity index (χ0v) is 19.2. The zero-order chi connectivity index (χ0) is 23.1. The number of methoxy groups -OCH3 is 1. The number of ether oxygens (including phenoxy) is 2. The van der Waals surface area contributed by atoms with Crippen molar-refractivity contribution in [3.05, 3.63) is 82.9 Å². The molecule has 0 saturated carbocycles. The van der Waals surface area contributed by atoms with Gasteiger partial charge < -0.3 is 14.8 Å². The van der Waals surface area contributed by atoms with Gasteiger partial charge in [0.1, 0.15) is 23.0 Å². The first-order valence-corrected chi connectivity index (χ1v) is 11.6. The lowest BCUT2D eigenvalue weighted by atomic mass is 10.2. The fourth-order valence-corrected chi connectivity index (χ4v) is 4.50. The van der Waals surface area contributed by atoms with E-state index in [1.165, 1.54) is 18.2 Å². The summed E-state index contributed by atoms with van der Waals surface area (Å²) in [7, 11) is -2.41. The van der Waals surface area contributed by atoms with Crippen LogP contribution in [0.25, 0.3) is 0 Å². The average Bonchev–Trinajstić information content (AvgIpc) is 2.78. The highest BCUT2D eigenvalue weighted by Gasteiger charge is 2.21. The molecule has 0 heterocycles. The van der Waals surface area contributed by atoms with Gasteiger partial charge in [0.15, 0.2) is 0 Å². The van der Waals surface area contributed by atoms with Crippen LogP contribution in [-0.2, 0) is 10.0 Å². The lowest BCUT2D eigenvalue weighted by molar-refractivity contribution is 0.0947. The van der Waals surface area contributed by atoms with Crippen molar-refractivity contribution in [2.45, 2.75) is 11.8 Å². The summed E-state index contributed by atoms with van der Waals surface area (Å²) in [6, 6.07) is 18.2. The van der Waals surface area contributed by atoms with E-state index in [0.29, 0.717) is 11.4 Å². The number of aryl methyl sites for hydroxylation is 1. The molecule has 7 nitrogen and oxygen atoms in total. The Morgan fingerprint density at radius 1 is 1.00 bits per heavy atom. The van der Waals surface area contributed by atoms with Gasteiger partial charge in [-0.15, -0.1) is 0 Å². The molecule has 3 aromatic carbocycles. The van der Waals surface area contributed by atoms with Gasteiger partial charge in [0, 0.05) is 5.56 Å². The van der Waals surface area contributed by atoms with Crippen molar-refractivity contribution >= 4 is 33.2 Å². The largest absolute Gasteiger partial charge is 0.497 e. The Bertz CT molecular complexity index is 1200. The van der Waals surface area contributed by atoms with E-state index in [1.54, 1.807) is 56.5 Å². The molecule has 0 unspecified atom stereocenters. The highest BCUT2D eigenvalue weighted by Crippen LogP contribution is 2.26. The minimum absolute atomic E-state index is 0.0190. The molecule has 3 rings (SSSR count). The number of sulfonamides is 1. The molecular formula is C23H23ClN2O5S. The summed E-state index contributed by atoms with van der Waals surface area (Å²) in [5.41, 5.74) is 1.37. The van der Waals surface area contributed by atoms with Crippen LogP contribution in [0.5, 0.6) is 11.5 Å². The maximum atomic E-state index is 12.9. The summed E-state index contributed by atoms with van der Waals surface area (Å²) in [4.78, 5) is 12.3. The Morgan fingerprint density at radius 3 is 2.38 bits per heavy atom. The SMILES string of the molecule is COc1ccc(OCCNC(=O)c2ccc(Cl)c(S(=O)(=O)Nc3ccccc3C)c2)cc1. The molecule has 0 aliphatic rings. The normalized spacial score (nSPS) is 11.0. The summed E-state index contributed by atoms with van der Waals surface area (Å²) in [5, 5.41) is 2.72. The van der Waals surface area contributed by atoms with Crippen LogP contribution in [0.3, 0.4) is 0 Å². The van der Waals surface area contributed by atoms with Crippen molar-refractivity contribution in [3.8, 4) is 11.5 Å². The van der Waals surface area contributed by atoms with E-state index in [9.17, 15) is 13.2 Å². The average molecular weight is 475 g/mol. The van der Waals surface area contributed by atoms with Crippen molar-refractivity contribution in [2.24, 2.45) is 0 Å². The van der Waals surface area contributed by atoms with E-state index in [4.69, 9.17) is 21.1 Å². The summed E-state index contributed by atoms with van der Waals surface area (Å²) in [6.07, 6.45) is 0. The highest BCUT2D eigenvalue weighted by molar-refractivity contribution is 7.92. The van der Waals surface area contributed by atoms with Gasteiger partial charge in [0.2, 0.25) is 0 Å². The number of halogens is 1. The Labute approximate surface area is 192 Å². The smallest absolute Gasteiger partial charge is 0.263 e. The Hall–Kier alpha value is -3.23. The fourth-order valence-electron chi connectivity index (χ4n) is 2.85. The third-order valence-electron chi connectivity index (χ3n) is 4.59. The molecule has 3 aromatic rings. The van der Waals surface area contributed by atoms with Crippen LogP contribution in [-0.4, -0.2) is 34.6 Å². The molecule has 168 valence electrons. The van der Waals surface area contributed by atoms with E-state index >= 15 is 0 Å². The van der Waals surface area contributed by atoms with Crippen LogP contribution >= 0.6 is 11.6 Å². The minimum atomic E-state index is -3.99. The summed E-state index contributed by atoms with van der Waals surface area (Å²) in [6.45, 7) is 2.26. The van der Waals surface area contributed by atoms with Crippen LogP contribution in [0.4, 0.5) is 5.69 Å². The Morgan fingerprint density at radius 2 is 1.69 bits per heavy atom. The molecule has 9 heteroatoms. The van der Waals surface area contributed by atoms with Gasteiger partial charge in [-0.2, -0.15) is 0 Å². The summed E-state index contributed by atoms with van der Waals surface area (Å²) >= 11 is 6.13. The molecule has 2 N–H and O–H groups in total. The maximum Gasteiger partial charge on any atom is 0.263 e. The first-order chi connectivity index (χ1) is 15.3. The van der Waals surface area contributed by atoms with Gasteiger partial charge in [-0.25, -0.2) is 8.42 Å². The molecule has 32 heavy (non-hydrogen) atoms. The van der Waals surface area contributed by atoms with Crippen molar-refractivity contribution in [1.82, 2.24) is 5.32 Å². The van der Waals surface area contributed by atoms with E-state index in [-0.39, 0.29) is 28.6 Å². The first kappa shape index (κ1) is 23.4. The topological polar surface area (TPSA) is 93.7 Å². The van der Waals surface area contributed by atoms with Crippen molar-refractivity contribution in [1.29, 1.82) is 0 Å². The number of carbonyl (C=O) groups excluding carboxylic acids is 1. The first-order valence-electron chi connectivity index (χ1n) is 9.73. The minimum Gasteiger partial charge on any atom is -0.497 e. The van der Waals surface area contributed by atoms with Crippen molar-refractivity contribution in [3.63, 3.8) is 0 Å². The third kappa shape index (κ3) is 5.93. The number of hydrogen-bond acceptors (Lipinski definition) is 5. The maximum absolute atomic E-state index is 12.9. The van der Waals surface area contributed by atoms with E-state index in [1.807, 2.05) is 6.07 Å².